The van der Waals surface area contributed by atoms with Gasteiger partial charge in [0.2, 0.25) is 5.91 Å². The number of piperazine rings is 1. The van der Waals surface area contributed by atoms with Crippen LogP contribution in [0.3, 0.4) is 0 Å². The van der Waals surface area contributed by atoms with Gasteiger partial charge in [-0.1, -0.05) is 18.2 Å². The smallest absolute Gasteiger partial charge is 0.306 e. The summed E-state index contributed by atoms with van der Waals surface area (Å²) < 4.78 is 4.57. The van der Waals surface area contributed by atoms with E-state index in [2.05, 4.69) is 28.7 Å². The molecular weight excluding hydrogens is 268 g/mol. The van der Waals surface area contributed by atoms with Crippen molar-refractivity contribution in [1.29, 1.82) is 0 Å². The van der Waals surface area contributed by atoms with E-state index in [1.807, 2.05) is 23.1 Å². The first-order valence-electron chi connectivity index (χ1n) is 7.28. The van der Waals surface area contributed by atoms with Crippen molar-refractivity contribution in [1.82, 2.24) is 4.90 Å². The quantitative estimate of drug-likeness (QED) is 0.792. The van der Waals surface area contributed by atoms with Crippen LogP contribution in [0.25, 0.3) is 0 Å². The number of rotatable bonds is 4. The first kappa shape index (κ1) is 15.4. The second-order valence-corrected chi connectivity index (χ2v) is 5.29. The number of methoxy groups -OCH3 is 1. The van der Waals surface area contributed by atoms with Gasteiger partial charge in [-0.15, -0.1) is 0 Å². The normalized spacial score (nSPS) is 18.5. The zero-order chi connectivity index (χ0) is 15.2. The molecule has 21 heavy (non-hydrogen) atoms. The Kier molecular flexibility index (Phi) is 5.20. The minimum absolute atomic E-state index is 0.0277. The van der Waals surface area contributed by atoms with Gasteiger partial charge in [0.1, 0.15) is 0 Å². The van der Waals surface area contributed by atoms with Crippen molar-refractivity contribution < 1.29 is 14.3 Å². The predicted octanol–water partition coefficient (Wildman–Crippen LogP) is 1.68. The molecule has 5 heteroatoms. The van der Waals surface area contributed by atoms with Crippen molar-refractivity contribution in [2.75, 3.05) is 31.6 Å². The molecule has 114 valence electrons. The van der Waals surface area contributed by atoms with Crippen molar-refractivity contribution in [3.05, 3.63) is 30.3 Å². The number of para-hydroxylation sites is 1. The molecule has 2 rings (SSSR count). The number of hydrogen-bond acceptors (Lipinski definition) is 4. The van der Waals surface area contributed by atoms with Crippen LogP contribution >= 0.6 is 0 Å². The van der Waals surface area contributed by atoms with E-state index in [4.69, 9.17) is 0 Å². The summed E-state index contributed by atoms with van der Waals surface area (Å²) in [5.74, 6) is -0.306. The monoisotopic (exact) mass is 290 g/mol. The molecule has 1 atom stereocenters. The Balaban J connectivity index is 1.88. The standard InChI is InChI=1S/C16H22N2O3/c1-13-12-17(15(19)8-9-16(20)21-2)10-11-18(13)14-6-4-3-5-7-14/h3-7,13H,8-12H2,1-2H3. The largest absolute Gasteiger partial charge is 0.469 e. The fourth-order valence-electron chi connectivity index (χ4n) is 2.66. The Hall–Kier alpha value is -2.04. The van der Waals surface area contributed by atoms with E-state index in [9.17, 15) is 9.59 Å². The number of ether oxygens (including phenoxy) is 1. The molecule has 0 radical (unpaired) electrons. The highest BCUT2D eigenvalue weighted by Crippen LogP contribution is 2.20. The Morgan fingerprint density at radius 3 is 2.52 bits per heavy atom. The van der Waals surface area contributed by atoms with Crippen LogP contribution in [0, 0.1) is 0 Å². The van der Waals surface area contributed by atoms with E-state index < -0.39 is 0 Å². The average molecular weight is 290 g/mol. The van der Waals surface area contributed by atoms with Gasteiger partial charge in [0, 0.05) is 37.8 Å². The van der Waals surface area contributed by atoms with Gasteiger partial charge in [0.25, 0.3) is 0 Å². The zero-order valence-corrected chi connectivity index (χ0v) is 12.6. The molecule has 1 saturated heterocycles. The van der Waals surface area contributed by atoms with Gasteiger partial charge in [-0.25, -0.2) is 0 Å². The second-order valence-electron chi connectivity index (χ2n) is 5.29. The molecule has 1 amide bonds. The molecule has 1 aliphatic heterocycles. The molecular formula is C16H22N2O3. The first-order chi connectivity index (χ1) is 10.1. The van der Waals surface area contributed by atoms with Gasteiger partial charge in [0.15, 0.2) is 0 Å². The Bertz CT molecular complexity index is 490. The molecule has 0 spiro atoms. The van der Waals surface area contributed by atoms with Gasteiger partial charge < -0.3 is 14.5 Å². The number of amides is 1. The van der Waals surface area contributed by atoms with Crippen molar-refractivity contribution in [2.24, 2.45) is 0 Å². The molecule has 0 N–H and O–H groups in total. The van der Waals surface area contributed by atoms with Crippen LogP contribution in [0.5, 0.6) is 0 Å². The number of anilines is 1. The molecule has 1 unspecified atom stereocenters. The molecule has 0 aromatic heterocycles. The molecule has 0 bridgehead atoms. The summed E-state index contributed by atoms with van der Waals surface area (Å²) in [6.07, 6.45) is 0.382. The molecule has 1 heterocycles. The Labute approximate surface area is 125 Å². The predicted molar refractivity (Wildman–Crippen MR) is 81.1 cm³/mol. The third-order valence-corrected chi connectivity index (χ3v) is 3.84. The van der Waals surface area contributed by atoms with E-state index in [0.29, 0.717) is 13.1 Å². The minimum atomic E-state index is -0.334. The molecule has 1 aromatic rings. The van der Waals surface area contributed by atoms with Crippen LogP contribution in [0.4, 0.5) is 5.69 Å². The van der Waals surface area contributed by atoms with Gasteiger partial charge in [-0.2, -0.15) is 0 Å². The first-order valence-corrected chi connectivity index (χ1v) is 7.28. The summed E-state index contributed by atoms with van der Waals surface area (Å²) in [6, 6.07) is 10.5. The van der Waals surface area contributed by atoms with Crippen LogP contribution in [-0.4, -0.2) is 49.6 Å². The lowest BCUT2D eigenvalue weighted by atomic mass is 10.1. The van der Waals surface area contributed by atoms with Crippen molar-refractivity contribution in [3.8, 4) is 0 Å². The number of benzene rings is 1. The molecule has 1 fully saturated rings. The van der Waals surface area contributed by atoms with Gasteiger partial charge in [-0.3, -0.25) is 9.59 Å². The Morgan fingerprint density at radius 2 is 1.90 bits per heavy atom. The lowest BCUT2D eigenvalue weighted by molar-refractivity contribution is -0.143. The summed E-state index contributed by atoms with van der Waals surface area (Å²) >= 11 is 0. The lowest BCUT2D eigenvalue weighted by Gasteiger charge is -2.41. The number of esters is 1. The molecule has 1 aliphatic rings. The number of nitrogens with zero attached hydrogens (tertiary/aromatic N) is 2. The fraction of sp³-hybridized carbons (Fsp3) is 0.500. The number of carbonyl (C=O) groups excluding carboxylic acids is 2. The van der Waals surface area contributed by atoms with Crippen LogP contribution in [0.1, 0.15) is 19.8 Å². The summed E-state index contributed by atoms with van der Waals surface area (Å²) in [6.45, 7) is 4.32. The minimum Gasteiger partial charge on any atom is -0.469 e. The van der Waals surface area contributed by atoms with E-state index in [1.54, 1.807) is 0 Å². The summed E-state index contributed by atoms with van der Waals surface area (Å²) in [4.78, 5) is 27.4. The maximum absolute atomic E-state index is 12.1. The third-order valence-electron chi connectivity index (χ3n) is 3.84. The average Bonchev–Trinajstić information content (AvgIpc) is 2.52. The highest BCUT2D eigenvalue weighted by molar-refractivity contribution is 5.81. The van der Waals surface area contributed by atoms with Gasteiger partial charge in [0.05, 0.1) is 13.5 Å². The second kappa shape index (κ2) is 7.11. The summed E-state index contributed by atoms with van der Waals surface area (Å²) in [5, 5.41) is 0. The number of carbonyl (C=O) groups is 2. The van der Waals surface area contributed by atoms with E-state index in [-0.39, 0.29) is 30.8 Å². The van der Waals surface area contributed by atoms with E-state index in [1.165, 1.54) is 12.8 Å². The fourth-order valence-corrected chi connectivity index (χ4v) is 2.66. The highest BCUT2D eigenvalue weighted by Gasteiger charge is 2.26. The van der Waals surface area contributed by atoms with Crippen molar-refractivity contribution in [3.63, 3.8) is 0 Å². The maximum Gasteiger partial charge on any atom is 0.306 e. The molecule has 0 saturated carbocycles. The summed E-state index contributed by atoms with van der Waals surface area (Å²) in [5.41, 5.74) is 1.19. The molecule has 5 nitrogen and oxygen atoms in total. The topological polar surface area (TPSA) is 49.9 Å². The lowest BCUT2D eigenvalue weighted by Crippen LogP contribution is -2.53. The molecule has 1 aromatic carbocycles. The van der Waals surface area contributed by atoms with Gasteiger partial charge >= 0.3 is 5.97 Å². The van der Waals surface area contributed by atoms with Gasteiger partial charge in [-0.05, 0) is 19.1 Å². The van der Waals surface area contributed by atoms with Crippen LogP contribution in [0.15, 0.2) is 30.3 Å². The van der Waals surface area contributed by atoms with E-state index in [0.717, 1.165) is 6.54 Å². The molecule has 0 aliphatic carbocycles. The number of hydrogen-bond donors (Lipinski definition) is 0. The Morgan fingerprint density at radius 1 is 1.19 bits per heavy atom. The van der Waals surface area contributed by atoms with Crippen molar-refractivity contribution >= 4 is 17.6 Å². The van der Waals surface area contributed by atoms with Crippen LogP contribution in [-0.2, 0) is 14.3 Å². The van der Waals surface area contributed by atoms with E-state index >= 15 is 0 Å². The maximum atomic E-state index is 12.1. The third kappa shape index (κ3) is 3.97. The van der Waals surface area contributed by atoms with Crippen molar-refractivity contribution in [2.45, 2.75) is 25.8 Å². The van der Waals surface area contributed by atoms with Crippen LogP contribution in [0.2, 0.25) is 0 Å². The summed E-state index contributed by atoms with van der Waals surface area (Å²) in [7, 11) is 1.34. The zero-order valence-electron chi connectivity index (χ0n) is 12.6. The SMILES string of the molecule is COC(=O)CCC(=O)N1CCN(c2ccccc2)C(C)C1. The highest BCUT2D eigenvalue weighted by atomic mass is 16.5. The van der Waals surface area contributed by atoms with Crippen LogP contribution < -0.4 is 4.90 Å².